The average Bonchev–Trinajstić information content (AvgIpc) is 3.04. The highest BCUT2D eigenvalue weighted by Crippen LogP contribution is 2.22. The second kappa shape index (κ2) is 8.11. The van der Waals surface area contributed by atoms with Crippen molar-refractivity contribution in [3.05, 3.63) is 81.7 Å². The summed E-state index contributed by atoms with van der Waals surface area (Å²) in [5, 5.41) is 1.65. The highest BCUT2D eigenvalue weighted by molar-refractivity contribution is 6.30. The molecule has 0 fully saturated rings. The predicted octanol–water partition coefficient (Wildman–Crippen LogP) is 3.47. The third-order valence-corrected chi connectivity index (χ3v) is 4.27. The fourth-order valence-corrected chi connectivity index (χ4v) is 2.86. The van der Waals surface area contributed by atoms with Gasteiger partial charge >= 0.3 is 6.09 Å². The van der Waals surface area contributed by atoms with Gasteiger partial charge in [0.15, 0.2) is 0 Å². The number of amides is 1. The van der Waals surface area contributed by atoms with Gasteiger partial charge in [-0.3, -0.25) is 14.3 Å². The standard InChI is InChI=1S/C19H18ClN3O4/c1-26-19(25)23(27-2)17-6-4-3-5-14(17)13-22-18(24)11-12-21(22)16-9-7-15(20)8-10-16/h3-12H,13H2,1-2H3. The molecule has 0 unspecified atom stereocenters. The molecule has 7 nitrogen and oxygen atoms in total. The smallest absolute Gasteiger partial charge is 0.438 e. The largest absolute Gasteiger partial charge is 0.451 e. The Bertz CT molecular complexity index is 995. The number of halogens is 1. The van der Waals surface area contributed by atoms with Crippen molar-refractivity contribution in [3.63, 3.8) is 0 Å². The fraction of sp³-hybridized carbons (Fsp3) is 0.158. The zero-order valence-corrected chi connectivity index (χ0v) is 15.6. The summed E-state index contributed by atoms with van der Waals surface area (Å²) in [5.74, 6) is 0. The molecule has 0 atom stereocenters. The van der Waals surface area contributed by atoms with Crippen LogP contribution in [-0.2, 0) is 16.1 Å². The van der Waals surface area contributed by atoms with Gasteiger partial charge in [-0.05, 0) is 30.3 Å². The van der Waals surface area contributed by atoms with E-state index in [0.29, 0.717) is 16.3 Å². The second-order valence-corrected chi connectivity index (χ2v) is 6.04. The van der Waals surface area contributed by atoms with Crippen LogP contribution in [0.3, 0.4) is 0 Å². The van der Waals surface area contributed by atoms with Gasteiger partial charge in [-0.25, -0.2) is 9.48 Å². The van der Waals surface area contributed by atoms with Gasteiger partial charge in [0.2, 0.25) is 0 Å². The number of hydrogen-bond acceptors (Lipinski definition) is 4. The quantitative estimate of drug-likeness (QED) is 0.629. The zero-order valence-electron chi connectivity index (χ0n) is 14.8. The second-order valence-electron chi connectivity index (χ2n) is 5.61. The van der Waals surface area contributed by atoms with Gasteiger partial charge in [0.1, 0.15) is 0 Å². The van der Waals surface area contributed by atoms with Crippen LogP contribution in [0.5, 0.6) is 0 Å². The molecule has 0 aliphatic rings. The van der Waals surface area contributed by atoms with E-state index in [-0.39, 0.29) is 12.1 Å². The van der Waals surface area contributed by atoms with E-state index in [9.17, 15) is 9.59 Å². The molecule has 3 rings (SSSR count). The van der Waals surface area contributed by atoms with Crippen molar-refractivity contribution in [3.8, 4) is 5.69 Å². The van der Waals surface area contributed by atoms with E-state index in [2.05, 4.69) is 0 Å². The number of carbonyl (C=O) groups is 1. The fourth-order valence-electron chi connectivity index (χ4n) is 2.74. The van der Waals surface area contributed by atoms with E-state index >= 15 is 0 Å². The summed E-state index contributed by atoms with van der Waals surface area (Å²) in [4.78, 5) is 29.5. The highest BCUT2D eigenvalue weighted by Gasteiger charge is 2.20. The molecule has 0 aliphatic heterocycles. The molecule has 1 aromatic heterocycles. The Hall–Kier alpha value is -3.03. The lowest BCUT2D eigenvalue weighted by atomic mass is 10.1. The minimum atomic E-state index is -0.662. The number of anilines is 1. The van der Waals surface area contributed by atoms with Gasteiger partial charge in [-0.2, -0.15) is 5.06 Å². The average molecular weight is 388 g/mol. The third kappa shape index (κ3) is 3.89. The number of nitrogens with zero attached hydrogens (tertiary/aromatic N) is 3. The lowest BCUT2D eigenvalue weighted by molar-refractivity contribution is 0.115. The summed E-state index contributed by atoms with van der Waals surface area (Å²) in [6.07, 6.45) is 1.02. The van der Waals surface area contributed by atoms with E-state index in [1.54, 1.807) is 39.8 Å². The maximum absolute atomic E-state index is 12.4. The van der Waals surface area contributed by atoms with Crippen LogP contribution in [0.4, 0.5) is 10.5 Å². The molecule has 0 saturated carbocycles. The molecule has 1 amide bonds. The SMILES string of the molecule is COC(=O)N(OC)c1ccccc1Cn1c(=O)ccn1-c1ccc(Cl)cc1. The Morgan fingerprint density at radius 1 is 1.07 bits per heavy atom. The molecule has 27 heavy (non-hydrogen) atoms. The third-order valence-electron chi connectivity index (χ3n) is 4.02. The zero-order chi connectivity index (χ0) is 19.4. The van der Waals surface area contributed by atoms with Crippen LogP contribution in [0, 0.1) is 0 Å². The van der Waals surface area contributed by atoms with Crippen LogP contribution in [0.25, 0.3) is 5.69 Å². The summed E-state index contributed by atoms with van der Waals surface area (Å²) in [6.45, 7) is 0.224. The van der Waals surface area contributed by atoms with Crippen LogP contribution in [-0.4, -0.2) is 29.7 Å². The molecule has 0 spiro atoms. The number of para-hydroxylation sites is 1. The van der Waals surface area contributed by atoms with Crippen molar-refractivity contribution in [1.82, 2.24) is 9.36 Å². The predicted molar refractivity (Wildman–Crippen MR) is 102 cm³/mol. The number of hydroxylamine groups is 1. The van der Waals surface area contributed by atoms with E-state index in [0.717, 1.165) is 10.8 Å². The first-order valence-electron chi connectivity index (χ1n) is 8.09. The summed E-state index contributed by atoms with van der Waals surface area (Å²) in [6, 6.07) is 15.8. The van der Waals surface area contributed by atoms with E-state index in [4.69, 9.17) is 21.2 Å². The maximum Gasteiger partial charge on any atom is 0.438 e. The van der Waals surface area contributed by atoms with Gasteiger partial charge in [-0.1, -0.05) is 29.8 Å². The molecule has 3 aromatic rings. The normalized spacial score (nSPS) is 10.6. The Labute approximate surface area is 160 Å². The Morgan fingerprint density at radius 3 is 2.44 bits per heavy atom. The van der Waals surface area contributed by atoms with Gasteiger partial charge < -0.3 is 4.74 Å². The summed E-state index contributed by atoms with van der Waals surface area (Å²) in [5.41, 5.74) is 1.81. The van der Waals surface area contributed by atoms with Crippen LogP contribution in [0.2, 0.25) is 5.02 Å². The Kier molecular flexibility index (Phi) is 5.63. The highest BCUT2D eigenvalue weighted by atomic mass is 35.5. The van der Waals surface area contributed by atoms with Crippen molar-refractivity contribution >= 4 is 23.4 Å². The number of aromatic nitrogens is 2. The van der Waals surface area contributed by atoms with Gasteiger partial charge in [0.05, 0.1) is 32.1 Å². The monoisotopic (exact) mass is 387 g/mol. The van der Waals surface area contributed by atoms with Gasteiger partial charge in [-0.15, -0.1) is 0 Å². The van der Waals surface area contributed by atoms with Crippen molar-refractivity contribution in [2.24, 2.45) is 0 Å². The molecule has 140 valence electrons. The molecule has 2 aromatic carbocycles. The Morgan fingerprint density at radius 2 is 1.78 bits per heavy atom. The molecule has 0 saturated heterocycles. The van der Waals surface area contributed by atoms with Crippen molar-refractivity contribution in [2.45, 2.75) is 6.54 Å². The number of benzene rings is 2. The first-order chi connectivity index (χ1) is 13.0. The maximum atomic E-state index is 12.4. The molecule has 0 bridgehead atoms. The lowest BCUT2D eigenvalue weighted by Gasteiger charge is -2.21. The lowest BCUT2D eigenvalue weighted by Crippen LogP contribution is -2.31. The number of hydrogen-bond donors (Lipinski definition) is 0. The van der Waals surface area contributed by atoms with Gasteiger partial charge in [0, 0.05) is 22.8 Å². The molecule has 0 N–H and O–H groups in total. The number of carbonyl (C=O) groups excluding carboxylic acids is 1. The molecular formula is C19H18ClN3O4. The van der Waals surface area contributed by atoms with E-state index < -0.39 is 6.09 Å². The Balaban J connectivity index is 2.02. The van der Waals surface area contributed by atoms with Crippen LogP contribution < -0.4 is 10.6 Å². The van der Waals surface area contributed by atoms with E-state index in [1.807, 2.05) is 24.3 Å². The van der Waals surface area contributed by atoms with Crippen molar-refractivity contribution < 1.29 is 14.4 Å². The van der Waals surface area contributed by atoms with Crippen LogP contribution >= 0.6 is 11.6 Å². The van der Waals surface area contributed by atoms with Crippen LogP contribution in [0.15, 0.2) is 65.6 Å². The first kappa shape index (κ1) is 18.8. The van der Waals surface area contributed by atoms with Crippen molar-refractivity contribution in [2.75, 3.05) is 19.3 Å². The minimum Gasteiger partial charge on any atom is -0.451 e. The number of rotatable bonds is 5. The molecular weight excluding hydrogens is 370 g/mol. The topological polar surface area (TPSA) is 65.7 Å². The summed E-state index contributed by atoms with van der Waals surface area (Å²) in [7, 11) is 2.64. The number of methoxy groups -OCH3 is 1. The van der Waals surface area contributed by atoms with E-state index in [1.165, 1.54) is 20.3 Å². The molecule has 8 heteroatoms. The molecule has 0 aliphatic carbocycles. The molecule has 1 heterocycles. The van der Waals surface area contributed by atoms with Gasteiger partial charge in [0.25, 0.3) is 5.56 Å². The first-order valence-corrected chi connectivity index (χ1v) is 8.47. The summed E-state index contributed by atoms with van der Waals surface area (Å²) >= 11 is 5.95. The minimum absolute atomic E-state index is 0.179. The number of ether oxygens (including phenoxy) is 1. The molecule has 0 radical (unpaired) electrons. The van der Waals surface area contributed by atoms with Crippen molar-refractivity contribution in [1.29, 1.82) is 0 Å². The summed E-state index contributed by atoms with van der Waals surface area (Å²) < 4.78 is 8.03. The van der Waals surface area contributed by atoms with Crippen LogP contribution in [0.1, 0.15) is 5.56 Å².